The average Bonchev–Trinajstić information content (AvgIpc) is 2.43. The van der Waals surface area contributed by atoms with Crippen molar-refractivity contribution in [2.45, 2.75) is 45.2 Å². The van der Waals surface area contributed by atoms with Gasteiger partial charge in [-0.1, -0.05) is 43.7 Å². The van der Waals surface area contributed by atoms with Crippen molar-refractivity contribution in [3.05, 3.63) is 35.9 Å². The van der Waals surface area contributed by atoms with Gasteiger partial charge in [-0.25, -0.2) is 0 Å². The SMILES string of the molecule is CCCCSCC(CO)(NC(C)C)c1ccccc1. The van der Waals surface area contributed by atoms with E-state index >= 15 is 0 Å². The smallest absolute Gasteiger partial charge is 0.0762 e. The van der Waals surface area contributed by atoms with Crippen LogP contribution in [0.25, 0.3) is 0 Å². The third-order valence-corrected chi connectivity index (χ3v) is 4.43. The van der Waals surface area contributed by atoms with Gasteiger partial charge in [0.2, 0.25) is 0 Å². The van der Waals surface area contributed by atoms with E-state index in [9.17, 15) is 5.11 Å². The minimum atomic E-state index is -0.326. The molecule has 0 heterocycles. The molecule has 3 heteroatoms. The van der Waals surface area contributed by atoms with Crippen LogP contribution >= 0.6 is 11.8 Å². The molecule has 1 aromatic rings. The Morgan fingerprint density at radius 1 is 1.26 bits per heavy atom. The van der Waals surface area contributed by atoms with Gasteiger partial charge in [-0.2, -0.15) is 11.8 Å². The second-order valence-corrected chi connectivity index (χ2v) is 6.42. The molecule has 19 heavy (non-hydrogen) atoms. The molecule has 0 fully saturated rings. The fraction of sp³-hybridized carbons (Fsp3) is 0.625. The van der Waals surface area contributed by atoms with Crippen molar-refractivity contribution in [1.29, 1.82) is 0 Å². The van der Waals surface area contributed by atoms with Gasteiger partial charge in [0.15, 0.2) is 0 Å². The van der Waals surface area contributed by atoms with Gasteiger partial charge in [0.05, 0.1) is 12.1 Å². The van der Waals surface area contributed by atoms with Gasteiger partial charge in [0.25, 0.3) is 0 Å². The predicted octanol–water partition coefficient (Wildman–Crippen LogP) is 3.41. The lowest BCUT2D eigenvalue weighted by molar-refractivity contribution is 0.170. The average molecular weight is 281 g/mol. The van der Waals surface area contributed by atoms with Gasteiger partial charge in [-0.15, -0.1) is 0 Å². The maximum absolute atomic E-state index is 9.96. The molecule has 0 aliphatic carbocycles. The molecule has 1 aromatic carbocycles. The summed E-state index contributed by atoms with van der Waals surface area (Å²) in [6.45, 7) is 6.60. The first-order valence-corrected chi connectivity index (χ1v) is 8.32. The lowest BCUT2D eigenvalue weighted by Gasteiger charge is -2.35. The summed E-state index contributed by atoms with van der Waals surface area (Å²) in [6.07, 6.45) is 2.46. The number of hydrogen-bond acceptors (Lipinski definition) is 3. The van der Waals surface area contributed by atoms with E-state index in [1.807, 2.05) is 30.0 Å². The second kappa shape index (κ2) is 8.62. The maximum atomic E-state index is 9.96. The Kier molecular flexibility index (Phi) is 7.51. The van der Waals surface area contributed by atoms with E-state index in [4.69, 9.17) is 0 Å². The number of benzene rings is 1. The van der Waals surface area contributed by atoms with Gasteiger partial charge >= 0.3 is 0 Å². The summed E-state index contributed by atoms with van der Waals surface area (Å²) in [7, 11) is 0. The van der Waals surface area contributed by atoms with E-state index in [0.717, 1.165) is 11.5 Å². The molecule has 0 saturated carbocycles. The van der Waals surface area contributed by atoms with Crippen LogP contribution in [0.1, 0.15) is 39.2 Å². The Balaban J connectivity index is 2.82. The predicted molar refractivity (Wildman–Crippen MR) is 85.7 cm³/mol. The molecule has 0 spiro atoms. The summed E-state index contributed by atoms with van der Waals surface area (Å²) in [6, 6.07) is 10.7. The summed E-state index contributed by atoms with van der Waals surface area (Å²) < 4.78 is 0. The molecular formula is C16H27NOS. The highest BCUT2D eigenvalue weighted by atomic mass is 32.2. The Morgan fingerprint density at radius 2 is 1.95 bits per heavy atom. The molecule has 0 bridgehead atoms. The number of nitrogens with one attached hydrogen (secondary N) is 1. The van der Waals surface area contributed by atoms with Crippen LogP contribution in [0.5, 0.6) is 0 Å². The van der Waals surface area contributed by atoms with Crippen LogP contribution in [0.15, 0.2) is 30.3 Å². The minimum Gasteiger partial charge on any atom is -0.394 e. The van der Waals surface area contributed by atoms with Crippen LogP contribution in [0.3, 0.4) is 0 Å². The zero-order chi connectivity index (χ0) is 14.1. The van der Waals surface area contributed by atoms with E-state index in [0.29, 0.717) is 6.04 Å². The maximum Gasteiger partial charge on any atom is 0.0762 e. The van der Waals surface area contributed by atoms with Crippen molar-refractivity contribution in [2.75, 3.05) is 18.1 Å². The van der Waals surface area contributed by atoms with Crippen molar-refractivity contribution in [3.8, 4) is 0 Å². The van der Waals surface area contributed by atoms with Gasteiger partial charge < -0.3 is 10.4 Å². The number of aliphatic hydroxyl groups is 1. The number of unbranched alkanes of at least 4 members (excludes halogenated alkanes) is 1. The molecule has 1 atom stereocenters. The first kappa shape index (κ1) is 16.5. The fourth-order valence-electron chi connectivity index (χ4n) is 2.19. The molecule has 1 unspecified atom stereocenters. The van der Waals surface area contributed by atoms with Gasteiger partial charge in [0.1, 0.15) is 0 Å². The highest BCUT2D eigenvalue weighted by Crippen LogP contribution is 2.26. The van der Waals surface area contributed by atoms with Crippen LogP contribution in [0.2, 0.25) is 0 Å². The molecule has 2 N–H and O–H groups in total. The Bertz CT molecular complexity index is 342. The Hall–Kier alpha value is -0.510. The number of rotatable bonds is 9. The van der Waals surface area contributed by atoms with E-state index in [1.54, 1.807) is 0 Å². The van der Waals surface area contributed by atoms with Gasteiger partial charge in [-0.3, -0.25) is 0 Å². The van der Waals surface area contributed by atoms with Gasteiger partial charge in [0, 0.05) is 11.8 Å². The number of thioether (sulfide) groups is 1. The summed E-state index contributed by atoms with van der Waals surface area (Å²) in [5.41, 5.74) is 0.851. The van der Waals surface area contributed by atoms with Crippen molar-refractivity contribution < 1.29 is 5.11 Å². The quantitative estimate of drug-likeness (QED) is 0.680. The number of hydrogen-bond donors (Lipinski definition) is 2. The number of aliphatic hydroxyl groups excluding tert-OH is 1. The second-order valence-electron chi connectivity index (χ2n) is 5.31. The van der Waals surface area contributed by atoms with Crippen LogP contribution in [0, 0.1) is 0 Å². The first-order chi connectivity index (χ1) is 9.14. The van der Waals surface area contributed by atoms with Crippen molar-refractivity contribution >= 4 is 11.8 Å². The zero-order valence-electron chi connectivity index (χ0n) is 12.4. The van der Waals surface area contributed by atoms with Crippen LogP contribution < -0.4 is 5.32 Å². The summed E-state index contributed by atoms with van der Waals surface area (Å²) in [5.74, 6) is 2.07. The highest BCUT2D eigenvalue weighted by Gasteiger charge is 2.31. The lowest BCUT2D eigenvalue weighted by atomic mass is 9.92. The zero-order valence-corrected chi connectivity index (χ0v) is 13.2. The van der Waals surface area contributed by atoms with E-state index in [2.05, 4.69) is 38.2 Å². The van der Waals surface area contributed by atoms with Crippen molar-refractivity contribution in [2.24, 2.45) is 0 Å². The largest absolute Gasteiger partial charge is 0.394 e. The van der Waals surface area contributed by atoms with E-state index in [-0.39, 0.29) is 12.1 Å². The molecule has 2 nitrogen and oxygen atoms in total. The molecule has 0 aliphatic rings. The molecular weight excluding hydrogens is 254 g/mol. The molecule has 0 radical (unpaired) electrons. The van der Waals surface area contributed by atoms with Crippen molar-refractivity contribution in [3.63, 3.8) is 0 Å². The molecule has 0 aromatic heterocycles. The third kappa shape index (κ3) is 5.17. The molecule has 0 amide bonds. The normalized spacial score (nSPS) is 14.6. The Morgan fingerprint density at radius 3 is 2.47 bits per heavy atom. The minimum absolute atomic E-state index is 0.133. The topological polar surface area (TPSA) is 32.3 Å². The summed E-state index contributed by atoms with van der Waals surface area (Å²) in [5, 5.41) is 13.5. The fourth-order valence-corrected chi connectivity index (χ4v) is 3.52. The monoisotopic (exact) mass is 281 g/mol. The third-order valence-electron chi connectivity index (χ3n) is 3.15. The summed E-state index contributed by atoms with van der Waals surface area (Å²) in [4.78, 5) is 0. The first-order valence-electron chi connectivity index (χ1n) is 7.16. The molecule has 1 rings (SSSR count). The molecule has 0 aliphatic heterocycles. The van der Waals surface area contributed by atoms with Crippen LogP contribution in [-0.2, 0) is 5.54 Å². The van der Waals surface area contributed by atoms with Crippen molar-refractivity contribution in [1.82, 2.24) is 5.32 Å². The van der Waals surface area contributed by atoms with Gasteiger partial charge in [-0.05, 0) is 31.6 Å². The Labute approximate surface area is 122 Å². The van der Waals surface area contributed by atoms with Crippen LogP contribution in [-0.4, -0.2) is 29.3 Å². The molecule has 0 saturated heterocycles. The summed E-state index contributed by atoms with van der Waals surface area (Å²) >= 11 is 1.92. The van der Waals surface area contributed by atoms with Crippen LogP contribution in [0.4, 0.5) is 0 Å². The lowest BCUT2D eigenvalue weighted by Crippen LogP contribution is -2.51. The standard InChI is InChI=1S/C16H27NOS/c1-4-5-11-19-13-16(12-18,17-14(2)3)15-9-7-6-8-10-15/h6-10,14,17-18H,4-5,11-13H2,1-3H3. The highest BCUT2D eigenvalue weighted by molar-refractivity contribution is 7.99. The van der Waals surface area contributed by atoms with E-state index < -0.39 is 0 Å². The molecule has 108 valence electrons. The van der Waals surface area contributed by atoms with E-state index in [1.165, 1.54) is 18.4 Å².